The van der Waals surface area contributed by atoms with E-state index in [1.165, 1.54) is 6.08 Å². The molecule has 0 aliphatic heterocycles. The normalized spacial score (nSPS) is 10.4. The van der Waals surface area contributed by atoms with Crippen molar-refractivity contribution in [3.63, 3.8) is 0 Å². The maximum absolute atomic E-state index is 11.6. The molecule has 0 bridgehead atoms. The van der Waals surface area contributed by atoms with E-state index in [9.17, 15) is 9.59 Å². The number of hydrazine groups is 1. The fraction of sp³-hybridized carbons (Fsp3) is 0.0714. The smallest absolute Gasteiger partial charge is 0.282 e. The minimum Gasteiger partial charge on any atom is -0.282 e. The summed E-state index contributed by atoms with van der Waals surface area (Å²) in [7, 11) is 0. The van der Waals surface area contributed by atoms with Gasteiger partial charge in [-0.05, 0) is 24.6 Å². The first kappa shape index (κ1) is 13.5. The van der Waals surface area contributed by atoms with E-state index in [0.29, 0.717) is 0 Å². The lowest BCUT2D eigenvalue weighted by atomic mass is 10.2. The molecule has 3 N–H and O–H groups in total. The number of rotatable bonds is 3. The molecule has 1 aromatic carbocycles. The van der Waals surface area contributed by atoms with Crippen molar-refractivity contribution in [3.05, 3.63) is 59.4 Å². The zero-order valence-corrected chi connectivity index (χ0v) is 10.9. The fourth-order valence-corrected chi connectivity index (χ4v) is 1.49. The number of H-pyrrole nitrogens is 1. The number of carbonyl (C=O) groups excluding carboxylic acids is 2. The quantitative estimate of drug-likeness (QED) is 0.578. The van der Waals surface area contributed by atoms with Crippen LogP contribution in [0.15, 0.2) is 42.5 Å². The third-order valence-electron chi connectivity index (χ3n) is 2.46. The lowest BCUT2D eigenvalue weighted by Gasteiger charge is -2.02. The molecule has 1 aromatic heterocycles. The zero-order chi connectivity index (χ0) is 14.4. The second kappa shape index (κ2) is 6.33. The van der Waals surface area contributed by atoms with Gasteiger partial charge >= 0.3 is 0 Å². The number of aryl methyl sites for hydroxylation is 1. The molecule has 6 heteroatoms. The molecule has 102 valence electrons. The van der Waals surface area contributed by atoms with Gasteiger partial charge in [-0.3, -0.25) is 25.5 Å². The summed E-state index contributed by atoms with van der Waals surface area (Å²) in [4.78, 5) is 23.1. The van der Waals surface area contributed by atoms with E-state index in [1.54, 1.807) is 19.1 Å². The van der Waals surface area contributed by atoms with Gasteiger partial charge in [0.05, 0.1) is 0 Å². The number of amides is 2. The highest BCUT2D eigenvalue weighted by Gasteiger charge is 2.08. The second-order valence-electron chi connectivity index (χ2n) is 4.12. The molecule has 20 heavy (non-hydrogen) atoms. The number of hydrogen-bond donors (Lipinski definition) is 3. The van der Waals surface area contributed by atoms with E-state index in [-0.39, 0.29) is 5.69 Å². The van der Waals surface area contributed by atoms with Gasteiger partial charge in [-0.15, -0.1) is 0 Å². The third kappa shape index (κ3) is 3.81. The highest BCUT2D eigenvalue weighted by atomic mass is 16.2. The Morgan fingerprint density at radius 1 is 1.20 bits per heavy atom. The van der Waals surface area contributed by atoms with E-state index in [2.05, 4.69) is 21.0 Å². The Kier molecular flexibility index (Phi) is 4.28. The molecule has 0 radical (unpaired) electrons. The number of aromatic amines is 1. The molecular formula is C14H14N4O2. The molecule has 0 aliphatic carbocycles. The SMILES string of the molecule is Cc1cc(C(=O)NNC(=O)/C=C/c2ccccc2)n[nH]1. The number of nitrogens with one attached hydrogen (secondary N) is 3. The molecular weight excluding hydrogens is 256 g/mol. The summed E-state index contributed by atoms with van der Waals surface area (Å²) in [5.41, 5.74) is 6.44. The van der Waals surface area contributed by atoms with E-state index >= 15 is 0 Å². The lowest BCUT2D eigenvalue weighted by Crippen LogP contribution is -2.40. The monoisotopic (exact) mass is 270 g/mol. The maximum atomic E-state index is 11.6. The van der Waals surface area contributed by atoms with Crippen LogP contribution < -0.4 is 10.9 Å². The summed E-state index contributed by atoms with van der Waals surface area (Å²) in [6.07, 6.45) is 2.99. The Labute approximate surface area is 115 Å². The molecule has 0 aliphatic rings. The molecule has 2 amide bonds. The van der Waals surface area contributed by atoms with Crippen LogP contribution in [-0.4, -0.2) is 22.0 Å². The van der Waals surface area contributed by atoms with Crippen LogP contribution in [0, 0.1) is 6.92 Å². The average Bonchev–Trinajstić information content (AvgIpc) is 2.90. The minimum absolute atomic E-state index is 0.217. The zero-order valence-electron chi connectivity index (χ0n) is 10.9. The van der Waals surface area contributed by atoms with E-state index in [4.69, 9.17) is 0 Å². The first-order chi connectivity index (χ1) is 9.65. The van der Waals surface area contributed by atoms with Crippen LogP contribution in [0.4, 0.5) is 0 Å². The Balaban J connectivity index is 1.83. The van der Waals surface area contributed by atoms with Crippen LogP contribution in [0.5, 0.6) is 0 Å². The minimum atomic E-state index is -0.476. The van der Waals surface area contributed by atoms with Crippen molar-refractivity contribution in [2.45, 2.75) is 6.92 Å². The number of aromatic nitrogens is 2. The van der Waals surface area contributed by atoms with E-state index in [1.807, 2.05) is 30.3 Å². The summed E-state index contributed by atoms with van der Waals surface area (Å²) in [6.45, 7) is 1.78. The largest absolute Gasteiger partial charge is 0.290 e. The first-order valence-corrected chi connectivity index (χ1v) is 6.00. The predicted molar refractivity (Wildman–Crippen MR) is 74.4 cm³/mol. The van der Waals surface area contributed by atoms with Gasteiger partial charge in [-0.25, -0.2) is 0 Å². The predicted octanol–water partition coefficient (Wildman–Crippen LogP) is 1.19. The van der Waals surface area contributed by atoms with Gasteiger partial charge in [-0.1, -0.05) is 30.3 Å². The van der Waals surface area contributed by atoms with Crippen molar-refractivity contribution in [3.8, 4) is 0 Å². The van der Waals surface area contributed by atoms with E-state index in [0.717, 1.165) is 11.3 Å². The van der Waals surface area contributed by atoms with Crippen molar-refractivity contribution >= 4 is 17.9 Å². The highest BCUT2D eigenvalue weighted by molar-refractivity contribution is 5.96. The van der Waals surface area contributed by atoms with Crippen LogP contribution in [0.2, 0.25) is 0 Å². The van der Waals surface area contributed by atoms with Crippen molar-refractivity contribution in [2.24, 2.45) is 0 Å². The van der Waals surface area contributed by atoms with Gasteiger partial charge in [0.15, 0.2) is 5.69 Å². The van der Waals surface area contributed by atoms with Gasteiger partial charge < -0.3 is 0 Å². The average molecular weight is 270 g/mol. The van der Waals surface area contributed by atoms with Gasteiger partial charge in [-0.2, -0.15) is 5.10 Å². The van der Waals surface area contributed by atoms with Gasteiger partial charge in [0.25, 0.3) is 11.8 Å². The standard InChI is InChI=1S/C14H14N4O2/c1-10-9-12(16-15-10)14(20)18-17-13(19)8-7-11-5-3-2-4-6-11/h2-9H,1H3,(H,15,16)(H,17,19)(H,18,20)/b8-7+. The van der Waals surface area contributed by atoms with Crippen LogP contribution in [0.25, 0.3) is 6.08 Å². The Hall–Kier alpha value is -2.89. The second-order valence-corrected chi connectivity index (χ2v) is 4.12. The maximum Gasteiger partial charge on any atom is 0.290 e. The van der Waals surface area contributed by atoms with Gasteiger partial charge in [0.2, 0.25) is 0 Å². The summed E-state index contributed by atoms with van der Waals surface area (Å²) >= 11 is 0. The summed E-state index contributed by atoms with van der Waals surface area (Å²) in [5.74, 6) is -0.898. The molecule has 2 aromatic rings. The number of nitrogens with zero attached hydrogens (tertiary/aromatic N) is 1. The summed E-state index contributed by atoms with van der Waals surface area (Å²) < 4.78 is 0. The Morgan fingerprint density at radius 3 is 2.60 bits per heavy atom. The van der Waals surface area contributed by atoms with Crippen LogP contribution in [-0.2, 0) is 4.79 Å². The lowest BCUT2D eigenvalue weighted by molar-refractivity contribution is -0.117. The van der Waals surface area contributed by atoms with Crippen LogP contribution >= 0.6 is 0 Å². The molecule has 6 nitrogen and oxygen atoms in total. The molecule has 0 saturated carbocycles. The molecule has 0 atom stereocenters. The van der Waals surface area contributed by atoms with Crippen molar-refractivity contribution in [1.29, 1.82) is 0 Å². The summed E-state index contributed by atoms with van der Waals surface area (Å²) in [6, 6.07) is 11.0. The molecule has 0 unspecified atom stereocenters. The molecule has 0 spiro atoms. The molecule has 1 heterocycles. The molecule has 2 rings (SSSR count). The van der Waals surface area contributed by atoms with Gasteiger partial charge in [0.1, 0.15) is 0 Å². The molecule has 0 saturated heterocycles. The Bertz CT molecular complexity index is 632. The first-order valence-electron chi connectivity index (χ1n) is 6.00. The van der Waals surface area contributed by atoms with Crippen molar-refractivity contribution in [2.75, 3.05) is 0 Å². The number of benzene rings is 1. The number of carbonyl (C=O) groups is 2. The van der Waals surface area contributed by atoms with Crippen LogP contribution in [0.3, 0.4) is 0 Å². The summed E-state index contributed by atoms with van der Waals surface area (Å²) in [5, 5.41) is 6.43. The highest BCUT2D eigenvalue weighted by Crippen LogP contribution is 2.00. The molecule has 0 fully saturated rings. The van der Waals surface area contributed by atoms with Crippen LogP contribution in [0.1, 0.15) is 21.7 Å². The Morgan fingerprint density at radius 2 is 1.95 bits per heavy atom. The van der Waals surface area contributed by atoms with Crippen molar-refractivity contribution < 1.29 is 9.59 Å². The fourth-order valence-electron chi connectivity index (χ4n) is 1.49. The third-order valence-corrected chi connectivity index (χ3v) is 2.46. The topological polar surface area (TPSA) is 86.9 Å². The van der Waals surface area contributed by atoms with Crippen molar-refractivity contribution in [1.82, 2.24) is 21.0 Å². The van der Waals surface area contributed by atoms with E-state index < -0.39 is 11.8 Å². The van der Waals surface area contributed by atoms with Gasteiger partial charge in [0, 0.05) is 11.8 Å². The number of hydrogen-bond acceptors (Lipinski definition) is 3.